The Morgan fingerprint density at radius 2 is 2.37 bits per heavy atom. The fraction of sp³-hybridized carbons (Fsp3) is 0.538. The number of ether oxygens (including phenoxy) is 1. The third-order valence-electron chi connectivity index (χ3n) is 3.40. The third-order valence-corrected chi connectivity index (χ3v) is 3.40. The van der Waals surface area contributed by atoms with Crippen LogP contribution in [0.2, 0.25) is 0 Å². The summed E-state index contributed by atoms with van der Waals surface area (Å²) in [5, 5.41) is 10.7. The van der Waals surface area contributed by atoms with Crippen molar-refractivity contribution in [3.63, 3.8) is 0 Å². The van der Waals surface area contributed by atoms with Gasteiger partial charge in [-0.15, -0.1) is 0 Å². The van der Waals surface area contributed by atoms with Gasteiger partial charge in [0.1, 0.15) is 5.69 Å². The maximum absolute atomic E-state index is 10.7. The van der Waals surface area contributed by atoms with E-state index in [1.807, 2.05) is 6.92 Å². The third kappa shape index (κ3) is 3.14. The molecule has 19 heavy (non-hydrogen) atoms. The lowest BCUT2D eigenvalue weighted by Gasteiger charge is -2.26. The molecular weight excluding hydrogens is 246 g/mol. The quantitative estimate of drug-likeness (QED) is 0.501. The predicted octanol–water partition coefficient (Wildman–Crippen LogP) is 2.18. The Hall–Kier alpha value is -1.82. The van der Waals surface area contributed by atoms with E-state index in [0.29, 0.717) is 0 Å². The standard InChI is InChI=1S/C13H19N3O3/c1-2-15(9-11-4-3-7-19-11)10-5-6-13(16(17)18)12(14)8-10/h5-6,8,11H,2-4,7,9,14H2,1H3. The van der Waals surface area contributed by atoms with Gasteiger partial charge in [-0.2, -0.15) is 0 Å². The van der Waals surface area contributed by atoms with Crippen LogP contribution in [0.4, 0.5) is 17.1 Å². The molecule has 1 aromatic rings. The molecule has 1 aliphatic heterocycles. The second-order valence-corrected chi connectivity index (χ2v) is 4.67. The number of hydrogen-bond acceptors (Lipinski definition) is 5. The van der Waals surface area contributed by atoms with Gasteiger partial charge in [-0.25, -0.2) is 0 Å². The van der Waals surface area contributed by atoms with Crippen molar-refractivity contribution < 1.29 is 9.66 Å². The van der Waals surface area contributed by atoms with E-state index >= 15 is 0 Å². The molecular formula is C13H19N3O3. The van der Waals surface area contributed by atoms with Gasteiger partial charge in [0, 0.05) is 31.5 Å². The molecule has 6 nitrogen and oxygen atoms in total. The molecule has 0 amide bonds. The second kappa shape index (κ2) is 5.88. The van der Waals surface area contributed by atoms with E-state index in [9.17, 15) is 10.1 Å². The van der Waals surface area contributed by atoms with Crippen LogP contribution in [0.1, 0.15) is 19.8 Å². The van der Waals surface area contributed by atoms with Crippen LogP contribution >= 0.6 is 0 Å². The fourth-order valence-corrected chi connectivity index (χ4v) is 2.36. The van der Waals surface area contributed by atoms with Gasteiger partial charge in [0.2, 0.25) is 0 Å². The van der Waals surface area contributed by atoms with Crippen molar-refractivity contribution in [1.82, 2.24) is 0 Å². The smallest absolute Gasteiger partial charge is 0.292 e. The first-order chi connectivity index (χ1) is 9.11. The molecule has 0 spiro atoms. The minimum Gasteiger partial charge on any atom is -0.393 e. The normalized spacial score (nSPS) is 18.5. The Balaban J connectivity index is 2.13. The number of rotatable bonds is 5. The first-order valence-corrected chi connectivity index (χ1v) is 6.52. The summed E-state index contributed by atoms with van der Waals surface area (Å²) in [5.41, 5.74) is 6.78. The summed E-state index contributed by atoms with van der Waals surface area (Å²) >= 11 is 0. The van der Waals surface area contributed by atoms with Crippen molar-refractivity contribution in [2.75, 3.05) is 30.3 Å². The molecule has 1 unspecified atom stereocenters. The summed E-state index contributed by atoms with van der Waals surface area (Å²) in [5.74, 6) is 0. The van der Waals surface area contributed by atoms with Crippen molar-refractivity contribution in [2.24, 2.45) is 0 Å². The number of anilines is 2. The lowest BCUT2D eigenvalue weighted by molar-refractivity contribution is -0.383. The lowest BCUT2D eigenvalue weighted by Crippen LogP contribution is -2.32. The van der Waals surface area contributed by atoms with Crippen LogP contribution in [-0.2, 0) is 4.74 Å². The molecule has 1 heterocycles. The van der Waals surface area contributed by atoms with Crippen molar-refractivity contribution in [3.05, 3.63) is 28.3 Å². The fourth-order valence-electron chi connectivity index (χ4n) is 2.36. The molecule has 1 atom stereocenters. The molecule has 0 aromatic heterocycles. The zero-order chi connectivity index (χ0) is 13.8. The SMILES string of the molecule is CCN(CC1CCCO1)c1ccc([N+](=O)[O-])c(N)c1. The molecule has 6 heteroatoms. The number of nitrogens with two attached hydrogens (primary N) is 1. The number of nitro groups is 1. The highest BCUT2D eigenvalue weighted by molar-refractivity contribution is 5.66. The Kier molecular flexibility index (Phi) is 4.21. The van der Waals surface area contributed by atoms with Crippen molar-refractivity contribution in [3.8, 4) is 0 Å². The van der Waals surface area contributed by atoms with E-state index < -0.39 is 4.92 Å². The summed E-state index contributed by atoms with van der Waals surface area (Å²) in [6.07, 6.45) is 2.42. The molecule has 1 aromatic carbocycles. The van der Waals surface area contributed by atoms with E-state index in [1.165, 1.54) is 6.07 Å². The van der Waals surface area contributed by atoms with Crippen LogP contribution in [0.25, 0.3) is 0 Å². The van der Waals surface area contributed by atoms with Crippen LogP contribution in [-0.4, -0.2) is 30.7 Å². The summed E-state index contributed by atoms with van der Waals surface area (Å²) in [4.78, 5) is 12.4. The first-order valence-electron chi connectivity index (χ1n) is 6.52. The molecule has 1 saturated heterocycles. The second-order valence-electron chi connectivity index (χ2n) is 4.67. The zero-order valence-corrected chi connectivity index (χ0v) is 11.0. The zero-order valence-electron chi connectivity index (χ0n) is 11.0. The van der Waals surface area contributed by atoms with Crippen LogP contribution in [0.5, 0.6) is 0 Å². The Bertz CT molecular complexity index is 458. The minimum atomic E-state index is -0.463. The topological polar surface area (TPSA) is 81.6 Å². The first kappa shape index (κ1) is 13.6. The summed E-state index contributed by atoms with van der Waals surface area (Å²) in [7, 11) is 0. The molecule has 2 N–H and O–H groups in total. The minimum absolute atomic E-state index is 0.0445. The van der Waals surface area contributed by atoms with E-state index in [1.54, 1.807) is 12.1 Å². The molecule has 0 bridgehead atoms. The van der Waals surface area contributed by atoms with Crippen LogP contribution in [0, 0.1) is 10.1 Å². The highest BCUT2D eigenvalue weighted by Gasteiger charge is 2.20. The molecule has 0 saturated carbocycles. The van der Waals surface area contributed by atoms with Crippen LogP contribution < -0.4 is 10.6 Å². The van der Waals surface area contributed by atoms with Gasteiger partial charge < -0.3 is 15.4 Å². The predicted molar refractivity (Wildman–Crippen MR) is 74.4 cm³/mol. The highest BCUT2D eigenvalue weighted by Crippen LogP contribution is 2.27. The average molecular weight is 265 g/mol. The van der Waals surface area contributed by atoms with E-state index in [-0.39, 0.29) is 17.5 Å². The molecule has 0 radical (unpaired) electrons. The van der Waals surface area contributed by atoms with E-state index in [2.05, 4.69) is 4.90 Å². The number of nitrogen functional groups attached to an aromatic ring is 1. The highest BCUT2D eigenvalue weighted by atomic mass is 16.6. The van der Waals surface area contributed by atoms with Gasteiger partial charge in [0.05, 0.1) is 11.0 Å². The monoisotopic (exact) mass is 265 g/mol. The van der Waals surface area contributed by atoms with Gasteiger partial charge in [-0.3, -0.25) is 10.1 Å². The van der Waals surface area contributed by atoms with Crippen molar-refractivity contribution in [2.45, 2.75) is 25.9 Å². The molecule has 1 fully saturated rings. The molecule has 0 aliphatic carbocycles. The Morgan fingerprint density at radius 1 is 1.58 bits per heavy atom. The number of likely N-dealkylation sites (N-methyl/N-ethyl adjacent to an activating group) is 1. The molecule has 1 aliphatic rings. The van der Waals surface area contributed by atoms with Crippen molar-refractivity contribution in [1.29, 1.82) is 0 Å². The Morgan fingerprint density at radius 3 is 2.89 bits per heavy atom. The average Bonchev–Trinajstić information content (AvgIpc) is 2.88. The Labute approximate surface area is 112 Å². The van der Waals surface area contributed by atoms with E-state index in [0.717, 1.165) is 38.2 Å². The maximum Gasteiger partial charge on any atom is 0.292 e. The van der Waals surface area contributed by atoms with Crippen LogP contribution in [0.15, 0.2) is 18.2 Å². The molecule has 2 rings (SSSR count). The van der Waals surface area contributed by atoms with Gasteiger partial charge >= 0.3 is 0 Å². The van der Waals surface area contributed by atoms with Gasteiger partial charge in [0.15, 0.2) is 0 Å². The summed E-state index contributed by atoms with van der Waals surface area (Å²) < 4.78 is 5.62. The lowest BCUT2D eigenvalue weighted by atomic mass is 10.2. The van der Waals surface area contributed by atoms with Crippen LogP contribution in [0.3, 0.4) is 0 Å². The van der Waals surface area contributed by atoms with Gasteiger partial charge in [-0.1, -0.05) is 0 Å². The largest absolute Gasteiger partial charge is 0.393 e. The van der Waals surface area contributed by atoms with Crippen molar-refractivity contribution >= 4 is 17.1 Å². The molecule has 104 valence electrons. The number of nitrogens with zero attached hydrogens (tertiary/aromatic N) is 2. The van der Waals surface area contributed by atoms with Gasteiger partial charge in [0.25, 0.3) is 5.69 Å². The summed E-state index contributed by atoms with van der Waals surface area (Å²) in [6.45, 7) is 4.49. The number of hydrogen-bond donors (Lipinski definition) is 1. The maximum atomic E-state index is 10.7. The number of benzene rings is 1. The number of nitro benzene ring substituents is 1. The summed E-state index contributed by atoms with van der Waals surface area (Å²) in [6, 6.07) is 4.87. The van der Waals surface area contributed by atoms with E-state index in [4.69, 9.17) is 10.5 Å². The van der Waals surface area contributed by atoms with Gasteiger partial charge in [-0.05, 0) is 31.9 Å².